The molecule has 0 saturated carbocycles. The van der Waals surface area contributed by atoms with Crippen LogP contribution in [0.4, 0.5) is 0 Å². The van der Waals surface area contributed by atoms with Gasteiger partial charge in [-0.1, -0.05) is 28.1 Å². The van der Waals surface area contributed by atoms with Crippen LogP contribution in [0.5, 0.6) is 11.5 Å². The quantitative estimate of drug-likeness (QED) is 0.842. The number of ether oxygens (including phenoxy) is 2. The molecule has 0 aromatic heterocycles. The Morgan fingerprint density at radius 1 is 1.05 bits per heavy atom. The first-order chi connectivity index (χ1) is 10.1. The van der Waals surface area contributed by atoms with E-state index in [0.717, 1.165) is 28.1 Å². The highest BCUT2D eigenvalue weighted by molar-refractivity contribution is 9.10. The summed E-state index contributed by atoms with van der Waals surface area (Å²) in [6, 6.07) is 14.4. The van der Waals surface area contributed by atoms with E-state index in [1.807, 2.05) is 18.2 Å². The van der Waals surface area contributed by atoms with E-state index in [2.05, 4.69) is 52.4 Å². The zero-order valence-corrected chi connectivity index (χ0v) is 14.1. The highest BCUT2D eigenvalue weighted by Gasteiger charge is 2.08. The van der Waals surface area contributed by atoms with Crippen molar-refractivity contribution >= 4 is 15.9 Å². The van der Waals surface area contributed by atoms with Crippen molar-refractivity contribution in [3.05, 3.63) is 58.1 Å². The second-order valence-electron chi connectivity index (χ2n) is 4.83. The van der Waals surface area contributed by atoms with Gasteiger partial charge in [-0.2, -0.15) is 0 Å². The van der Waals surface area contributed by atoms with Crippen LogP contribution in [0, 0.1) is 0 Å². The molecule has 0 fully saturated rings. The third kappa shape index (κ3) is 4.22. The first kappa shape index (κ1) is 15.9. The largest absolute Gasteiger partial charge is 0.497 e. The molecule has 2 aromatic carbocycles. The standard InChI is InChI=1S/C17H20BrNO2/c1-12(13-4-6-15(18)7-5-13)19-11-14-10-16(20-2)8-9-17(14)21-3/h4-10,12,19H,11H2,1-3H3/t12-/m0/s1. The Morgan fingerprint density at radius 2 is 1.76 bits per heavy atom. The van der Waals surface area contributed by atoms with Gasteiger partial charge in [0.15, 0.2) is 0 Å². The molecule has 21 heavy (non-hydrogen) atoms. The average molecular weight is 350 g/mol. The summed E-state index contributed by atoms with van der Waals surface area (Å²) in [5.41, 5.74) is 2.33. The summed E-state index contributed by atoms with van der Waals surface area (Å²) < 4.78 is 11.8. The Balaban J connectivity index is 2.06. The molecular weight excluding hydrogens is 330 g/mol. The van der Waals surface area contributed by atoms with Gasteiger partial charge in [-0.25, -0.2) is 0 Å². The minimum atomic E-state index is 0.258. The molecule has 0 spiro atoms. The van der Waals surface area contributed by atoms with Gasteiger partial charge in [-0.15, -0.1) is 0 Å². The van der Waals surface area contributed by atoms with Gasteiger partial charge < -0.3 is 14.8 Å². The lowest BCUT2D eigenvalue weighted by Crippen LogP contribution is -2.18. The number of rotatable bonds is 6. The van der Waals surface area contributed by atoms with Crippen LogP contribution in [0.25, 0.3) is 0 Å². The number of benzene rings is 2. The molecule has 1 N–H and O–H groups in total. The van der Waals surface area contributed by atoms with Crippen molar-refractivity contribution in [3.63, 3.8) is 0 Å². The summed E-state index contributed by atoms with van der Waals surface area (Å²) in [6.45, 7) is 2.87. The summed E-state index contributed by atoms with van der Waals surface area (Å²) in [7, 11) is 3.35. The number of nitrogens with one attached hydrogen (secondary N) is 1. The third-order valence-electron chi connectivity index (χ3n) is 3.46. The maximum Gasteiger partial charge on any atom is 0.123 e. The van der Waals surface area contributed by atoms with Gasteiger partial charge in [0.1, 0.15) is 11.5 Å². The molecule has 0 unspecified atom stereocenters. The Hall–Kier alpha value is -1.52. The second kappa shape index (κ2) is 7.48. The zero-order chi connectivity index (χ0) is 15.2. The van der Waals surface area contributed by atoms with Crippen molar-refractivity contribution < 1.29 is 9.47 Å². The first-order valence-electron chi connectivity index (χ1n) is 6.83. The number of hydrogen-bond donors (Lipinski definition) is 1. The molecule has 112 valence electrons. The van der Waals surface area contributed by atoms with E-state index in [1.165, 1.54) is 5.56 Å². The van der Waals surface area contributed by atoms with Crippen LogP contribution in [-0.4, -0.2) is 14.2 Å². The van der Waals surface area contributed by atoms with Gasteiger partial charge in [0, 0.05) is 22.6 Å². The van der Waals surface area contributed by atoms with Gasteiger partial charge in [0.05, 0.1) is 14.2 Å². The SMILES string of the molecule is COc1ccc(OC)c(CN[C@@H](C)c2ccc(Br)cc2)c1. The summed E-state index contributed by atoms with van der Waals surface area (Å²) in [4.78, 5) is 0. The molecule has 4 heteroatoms. The van der Waals surface area contributed by atoms with Crippen LogP contribution in [0.3, 0.4) is 0 Å². The van der Waals surface area contributed by atoms with Crippen LogP contribution < -0.4 is 14.8 Å². The molecule has 2 aromatic rings. The Kier molecular flexibility index (Phi) is 5.65. The molecule has 0 heterocycles. The molecule has 2 rings (SSSR count). The summed E-state index contributed by atoms with van der Waals surface area (Å²) in [6.07, 6.45) is 0. The second-order valence-corrected chi connectivity index (χ2v) is 5.75. The predicted octanol–water partition coefficient (Wildman–Crippen LogP) is 4.32. The molecule has 0 saturated heterocycles. The molecule has 0 aliphatic heterocycles. The maximum atomic E-state index is 5.40. The van der Waals surface area contributed by atoms with E-state index < -0.39 is 0 Å². The van der Waals surface area contributed by atoms with Gasteiger partial charge >= 0.3 is 0 Å². The Morgan fingerprint density at radius 3 is 2.38 bits per heavy atom. The molecule has 0 aliphatic carbocycles. The lowest BCUT2D eigenvalue weighted by molar-refractivity contribution is 0.395. The Bertz CT molecular complexity index is 584. The number of hydrogen-bond acceptors (Lipinski definition) is 3. The van der Waals surface area contributed by atoms with Gasteiger partial charge in [0.25, 0.3) is 0 Å². The monoisotopic (exact) mass is 349 g/mol. The lowest BCUT2D eigenvalue weighted by atomic mass is 10.1. The van der Waals surface area contributed by atoms with E-state index in [-0.39, 0.29) is 6.04 Å². The van der Waals surface area contributed by atoms with Crippen molar-refractivity contribution in [1.29, 1.82) is 0 Å². The molecule has 3 nitrogen and oxygen atoms in total. The topological polar surface area (TPSA) is 30.5 Å². The third-order valence-corrected chi connectivity index (χ3v) is 3.98. The lowest BCUT2D eigenvalue weighted by Gasteiger charge is -2.16. The Labute approximate surface area is 134 Å². The van der Waals surface area contributed by atoms with Crippen LogP contribution in [-0.2, 0) is 6.54 Å². The summed E-state index contributed by atoms with van der Waals surface area (Å²) in [5.74, 6) is 1.70. The minimum absolute atomic E-state index is 0.258. The highest BCUT2D eigenvalue weighted by Crippen LogP contribution is 2.25. The van der Waals surface area contributed by atoms with E-state index in [1.54, 1.807) is 14.2 Å². The molecule has 0 bridgehead atoms. The molecule has 0 amide bonds. The predicted molar refractivity (Wildman–Crippen MR) is 88.9 cm³/mol. The summed E-state index contributed by atoms with van der Waals surface area (Å²) in [5, 5.41) is 3.51. The average Bonchev–Trinajstić information content (AvgIpc) is 2.52. The maximum absolute atomic E-state index is 5.40. The molecule has 1 atom stereocenters. The normalized spacial score (nSPS) is 12.0. The number of methoxy groups -OCH3 is 2. The van der Waals surface area contributed by atoms with Crippen LogP contribution in [0.2, 0.25) is 0 Å². The number of halogens is 1. The van der Waals surface area contributed by atoms with Gasteiger partial charge in [0.2, 0.25) is 0 Å². The van der Waals surface area contributed by atoms with Crippen molar-refractivity contribution in [1.82, 2.24) is 5.32 Å². The van der Waals surface area contributed by atoms with E-state index in [4.69, 9.17) is 9.47 Å². The fourth-order valence-corrected chi connectivity index (χ4v) is 2.42. The van der Waals surface area contributed by atoms with Gasteiger partial charge in [-0.05, 0) is 42.8 Å². The highest BCUT2D eigenvalue weighted by atomic mass is 79.9. The molecule has 0 aliphatic rings. The fourth-order valence-electron chi connectivity index (χ4n) is 2.15. The van der Waals surface area contributed by atoms with E-state index in [9.17, 15) is 0 Å². The summed E-state index contributed by atoms with van der Waals surface area (Å²) >= 11 is 3.45. The van der Waals surface area contributed by atoms with Crippen molar-refractivity contribution in [2.75, 3.05) is 14.2 Å². The van der Waals surface area contributed by atoms with Crippen molar-refractivity contribution in [2.45, 2.75) is 19.5 Å². The van der Waals surface area contributed by atoms with Crippen LogP contribution >= 0.6 is 15.9 Å². The fraction of sp³-hybridized carbons (Fsp3) is 0.294. The van der Waals surface area contributed by atoms with E-state index in [0.29, 0.717) is 0 Å². The van der Waals surface area contributed by atoms with Crippen LogP contribution in [0.1, 0.15) is 24.1 Å². The van der Waals surface area contributed by atoms with Crippen LogP contribution in [0.15, 0.2) is 46.9 Å². The molecule has 0 radical (unpaired) electrons. The first-order valence-corrected chi connectivity index (χ1v) is 7.63. The molecular formula is C17H20BrNO2. The van der Waals surface area contributed by atoms with Crippen molar-refractivity contribution in [2.24, 2.45) is 0 Å². The zero-order valence-electron chi connectivity index (χ0n) is 12.5. The van der Waals surface area contributed by atoms with E-state index >= 15 is 0 Å². The smallest absolute Gasteiger partial charge is 0.123 e. The minimum Gasteiger partial charge on any atom is -0.497 e. The van der Waals surface area contributed by atoms with Gasteiger partial charge in [-0.3, -0.25) is 0 Å². The van der Waals surface area contributed by atoms with Crippen molar-refractivity contribution in [3.8, 4) is 11.5 Å².